The molecule has 3 heterocycles. The largest absolute Gasteiger partial charge is 0.335 e. The monoisotopic (exact) mass is 278 g/mol. The van der Waals surface area contributed by atoms with E-state index in [1.165, 1.54) is 10.4 Å². The molecule has 0 spiro atoms. The van der Waals surface area contributed by atoms with Gasteiger partial charge < -0.3 is 10.2 Å². The minimum atomic E-state index is 0.197. The third kappa shape index (κ3) is 2.43. The number of carbonyl (C=O) groups is 1. The Balaban J connectivity index is 1.78. The van der Waals surface area contributed by atoms with Gasteiger partial charge in [-0.25, -0.2) is 0 Å². The molecule has 1 saturated heterocycles. The fourth-order valence-electron chi connectivity index (χ4n) is 3.40. The maximum Gasteiger partial charge on any atom is 0.227 e. The molecule has 104 valence electrons. The van der Waals surface area contributed by atoms with Crippen molar-refractivity contribution in [1.29, 1.82) is 0 Å². The number of hydrogen-bond donors (Lipinski definition) is 1. The number of hydrogen-bond acceptors (Lipinski definition) is 3. The molecular weight excluding hydrogens is 256 g/mol. The van der Waals surface area contributed by atoms with Gasteiger partial charge in [0.15, 0.2) is 0 Å². The van der Waals surface area contributed by atoms with Crippen LogP contribution >= 0.6 is 11.3 Å². The summed E-state index contributed by atoms with van der Waals surface area (Å²) in [6, 6.07) is 2.52. The molecule has 3 nitrogen and oxygen atoms in total. The molecule has 19 heavy (non-hydrogen) atoms. The lowest BCUT2D eigenvalue weighted by molar-refractivity contribution is -0.139. The molecule has 2 aliphatic heterocycles. The van der Waals surface area contributed by atoms with Crippen LogP contribution in [0.2, 0.25) is 0 Å². The number of carbonyl (C=O) groups excluding carboxylic acids is 1. The molecule has 0 bridgehead atoms. The fraction of sp³-hybridized carbons (Fsp3) is 0.667. The summed E-state index contributed by atoms with van der Waals surface area (Å²) in [5, 5.41) is 5.53. The molecule has 2 atom stereocenters. The normalized spacial score (nSPS) is 27.1. The van der Waals surface area contributed by atoms with E-state index in [0.29, 0.717) is 11.9 Å². The number of rotatable bonds is 2. The maximum atomic E-state index is 12.7. The summed E-state index contributed by atoms with van der Waals surface area (Å²) in [4.78, 5) is 16.4. The third-order valence-electron chi connectivity index (χ3n) is 4.41. The van der Waals surface area contributed by atoms with Gasteiger partial charge in [-0.1, -0.05) is 6.92 Å². The maximum absolute atomic E-state index is 12.7. The van der Waals surface area contributed by atoms with Gasteiger partial charge in [0.25, 0.3) is 0 Å². The highest BCUT2D eigenvalue weighted by Gasteiger charge is 2.34. The zero-order valence-electron chi connectivity index (χ0n) is 11.5. The van der Waals surface area contributed by atoms with E-state index in [0.717, 1.165) is 45.3 Å². The number of fused-ring (bicyclic) bond motifs is 1. The first-order valence-corrected chi connectivity index (χ1v) is 8.26. The van der Waals surface area contributed by atoms with Gasteiger partial charge in [0.05, 0.1) is 12.0 Å². The van der Waals surface area contributed by atoms with Gasteiger partial charge in [-0.2, -0.15) is 0 Å². The first kappa shape index (κ1) is 13.1. The number of nitrogens with one attached hydrogen (secondary N) is 1. The predicted molar refractivity (Wildman–Crippen MR) is 78.4 cm³/mol. The first-order valence-electron chi connectivity index (χ1n) is 7.38. The van der Waals surface area contributed by atoms with Crippen LogP contribution in [0.4, 0.5) is 0 Å². The quantitative estimate of drug-likeness (QED) is 0.902. The topological polar surface area (TPSA) is 32.3 Å². The average Bonchev–Trinajstić information content (AvgIpc) is 2.94. The van der Waals surface area contributed by atoms with Crippen molar-refractivity contribution in [3.05, 3.63) is 21.9 Å². The van der Waals surface area contributed by atoms with E-state index in [-0.39, 0.29) is 5.92 Å². The summed E-state index contributed by atoms with van der Waals surface area (Å²) >= 11 is 1.84. The zero-order valence-corrected chi connectivity index (χ0v) is 12.3. The van der Waals surface area contributed by atoms with Crippen LogP contribution in [0.5, 0.6) is 0 Å². The number of piperidine rings is 1. The second-order valence-electron chi connectivity index (χ2n) is 5.55. The minimum absolute atomic E-state index is 0.197. The second-order valence-corrected chi connectivity index (χ2v) is 6.55. The second kappa shape index (κ2) is 5.63. The highest BCUT2D eigenvalue weighted by Crippen LogP contribution is 2.36. The van der Waals surface area contributed by atoms with Gasteiger partial charge >= 0.3 is 0 Å². The number of amides is 1. The van der Waals surface area contributed by atoms with Crippen molar-refractivity contribution in [2.24, 2.45) is 5.92 Å². The summed E-state index contributed by atoms with van der Waals surface area (Å²) < 4.78 is 0. The van der Waals surface area contributed by atoms with E-state index in [1.54, 1.807) is 0 Å². The number of nitrogens with zero attached hydrogens (tertiary/aromatic N) is 1. The molecule has 0 aliphatic carbocycles. The minimum Gasteiger partial charge on any atom is -0.335 e. The zero-order chi connectivity index (χ0) is 13.2. The number of thiophene rings is 1. The van der Waals surface area contributed by atoms with Gasteiger partial charge in [-0.05, 0) is 49.2 Å². The van der Waals surface area contributed by atoms with Crippen LogP contribution in [0, 0.1) is 5.92 Å². The molecule has 1 aromatic heterocycles. The fourth-order valence-corrected chi connectivity index (χ4v) is 4.33. The molecule has 1 N–H and O–H groups in total. The molecule has 2 unspecified atom stereocenters. The van der Waals surface area contributed by atoms with Crippen LogP contribution < -0.4 is 5.32 Å². The molecule has 1 amide bonds. The van der Waals surface area contributed by atoms with Crippen LogP contribution in [-0.4, -0.2) is 30.4 Å². The van der Waals surface area contributed by atoms with Crippen molar-refractivity contribution >= 4 is 17.2 Å². The molecule has 1 fully saturated rings. The van der Waals surface area contributed by atoms with E-state index in [4.69, 9.17) is 0 Å². The van der Waals surface area contributed by atoms with Gasteiger partial charge in [-0.15, -0.1) is 11.3 Å². The Hall–Kier alpha value is -0.870. The third-order valence-corrected chi connectivity index (χ3v) is 5.41. The van der Waals surface area contributed by atoms with Crippen LogP contribution in [0.3, 0.4) is 0 Å². The molecule has 3 rings (SSSR count). The Morgan fingerprint density at radius 1 is 1.58 bits per heavy atom. The Kier molecular flexibility index (Phi) is 3.89. The lowest BCUT2D eigenvalue weighted by Crippen LogP contribution is -2.46. The van der Waals surface area contributed by atoms with E-state index in [1.807, 2.05) is 11.3 Å². The molecule has 0 aromatic carbocycles. The van der Waals surface area contributed by atoms with Gasteiger partial charge in [0.2, 0.25) is 5.91 Å². The summed E-state index contributed by atoms with van der Waals surface area (Å²) in [5.74, 6) is 0.568. The van der Waals surface area contributed by atoms with Crippen molar-refractivity contribution in [1.82, 2.24) is 10.2 Å². The standard InChI is InChI=1S/C15H22N2OS/c1-2-13-12-6-9-19-14(12)5-8-17(13)15(18)11-4-3-7-16-10-11/h6,9,11,13,16H,2-5,7-8,10H2,1H3. The van der Waals surface area contributed by atoms with Crippen LogP contribution in [-0.2, 0) is 11.2 Å². The smallest absolute Gasteiger partial charge is 0.227 e. The predicted octanol–water partition coefficient (Wildman–Crippen LogP) is 2.58. The highest BCUT2D eigenvalue weighted by atomic mass is 32.1. The lowest BCUT2D eigenvalue weighted by Gasteiger charge is -2.38. The van der Waals surface area contributed by atoms with E-state index in [9.17, 15) is 4.79 Å². The van der Waals surface area contributed by atoms with Gasteiger partial charge in [0, 0.05) is 18.0 Å². The summed E-state index contributed by atoms with van der Waals surface area (Å²) in [7, 11) is 0. The molecule has 0 saturated carbocycles. The van der Waals surface area contributed by atoms with Crippen LogP contribution in [0.1, 0.15) is 42.7 Å². The molecular formula is C15H22N2OS. The Bertz CT molecular complexity index is 451. The van der Waals surface area contributed by atoms with Crippen molar-refractivity contribution in [2.45, 2.75) is 38.6 Å². The van der Waals surface area contributed by atoms with Crippen molar-refractivity contribution < 1.29 is 4.79 Å². The molecule has 2 aliphatic rings. The Morgan fingerprint density at radius 2 is 2.47 bits per heavy atom. The van der Waals surface area contributed by atoms with Crippen molar-refractivity contribution in [3.8, 4) is 0 Å². The van der Waals surface area contributed by atoms with E-state index < -0.39 is 0 Å². The van der Waals surface area contributed by atoms with Crippen molar-refractivity contribution in [3.63, 3.8) is 0 Å². The van der Waals surface area contributed by atoms with E-state index in [2.05, 4.69) is 28.6 Å². The molecule has 4 heteroatoms. The lowest BCUT2D eigenvalue weighted by atomic mass is 9.93. The van der Waals surface area contributed by atoms with Crippen LogP contribution in [0.25, 0.3) is 0 Å². The van der Waals surface area contributed by atoms with Crippen LogP contribution in [0.15, 0.2) is 11.4 Å². The molecule has 1 aromatic rings. The van der Waals surface area contributed by atoms with Crippen molar-refractivity contribution in [2.75, 3.05) is 19.6 Å². The summed E-state index contributed by atoms with van der Waals surface area (Å²) in [5.41, 5.74) is 1.40. The SMILES string of the molecule is CCC1c2ccsc2CCN1C(=O)C1CCCNC1. The Morgan fingerprint density at radius 3 is 3.21 bits per heavy atom. The van der Waals surface area contributed by atoms with E-state index >= 15 is 0 Å². The summed E-state index contributed by atoms with van der Waals surface area (Å²) in [6.07, 6.45) is 4.24. The van der Waals surface area contributed by atoms with Gasteiger partial charge in [-0.3, -0.25) is 4.79 Å². The highest BCUT2D eigenvalue weighted by molar-refractivity contribution is 7.10. The molecule has 0 radical (unpaired) electrons. The van der Waals surface area contributed by atoms with Gasteiger partial charge in [0.1, 0.15) is 0 Å². The average molecular weight is 278 g/mol. The summed E-state index contributed by atoms with van der Waals surface area (Å²) in [6.45, 7) is 5.02. The first-order chi connectivity index (χ1) is 9.31. The Labute approximate surface area is 119 Å².